The van der Waals surface area contributed by atoms with Crippen molar-refractivity contribution in [3.63, 3.8) is 0 Å². The predicted octanol–water partition coefficient (Wildman–Crippen LogP) is 0.0908. The van der Waals surface area contributed by atoms with Crippen molar-refractivity contribution in [3.8, 4) is 0 Å². The Bertz CT molecular complexity index is 177. The summed E-state index contributed by atoms with van der Waals surface area (Å²) in [5.41, 5.74) is 0. The van der Waals surface area contributed by atoms with Crippen molar-refractivity contribution < 1.29 is 9.53 Å². The molecular formula is C10H20N2O2. The molecule has 4 heteroatoms. The average Bonchev–Trinajstić information content (AvgIpc) is 2.45. The highest BCUT2D eigenvalue weighted by Gasteiger charge is 2.17. The van der Waals surface area contributed by atoms with E-state index in [2.05, 4.69) is 10.2 Å². The second-order valence-corrected chi connectivity index (χ2v) is 3.83. The van der Waals surface area contributed by atoms with Crippen molar-refractivity contribution in [2.24, 2.45) is 5.92 Å². The Morgan fingerprint density at radius 3 is 3.00 bits per heavy atom. The van der Waals surface area contributed by atoms with Crippen LogP contribution in [0.2, 0.25) is 0 Å². The average molecular weight is 200 g/mol. The molecular weight excluding hydrogens is 180 g/mol. The molecule has 0 aromatic rings. The quantitative estimate of drug-likeness (QED) is 0.656. The summed E-state index contributed by atoms with van der Waals surface area (Å²) in [5.74, 6) is -0.125. The van der Waals surface area contributed by atoms with E-state index in [1.807, 2.05) is 6.92 Å². The minimum Gasteiger partial charge on any atom is -0.469 e. The third-order valence-electron chi connectivity index (χ3n) is 2.57. The van der Waals surface area contributed by atoms with E-state index in [4.69, 9.17) is 4.74 Å². The number of esters is 1. The number of carbonyl (C=O) groups excluding carboxylic acids is 1. The van der Waals surface area contributed by atoms with Gasteiger partial charge in [0.15, 0.2) is 0 Å². The largest absolute Gasteiger partial charge is 0.469 e. The van der Waals surface area contributed by atoms with Gasteiger partial charge >= 0.3 is 5.97 Å². The van der Waals surface area contributed by atoms with Crippen LogP contribution in [0.25, 0.3) is 0 Å². The second-order valence-electron chi connectivity index (χ2n) is 3.83. The number of ether oxygens (including phenoxy) is 1. The molecule has 1 N–H and O–H groups in total. The van der Waals surface area contributed by atoms with Gasteiger partial charge in [0.25, 0.3) is 0 Å². The normalized spacial score (nSPS) is 21.3. The Kier molecular flexibility index (Phi) is 4.90. The first-order valence-electron chi connectivity index (χ1n) is 5.25. The molecule has 1 fully saturated rings. The zero-order chi connectivity index (χ0) is 10.4. The zero-order valence-corrected chi connectivity index (χ0v) is 9.08. The molecule has 82 valence electrons. The standard InChI is InChI=1S/C10H20N2O2/c1-9(10(13)14-2)8-12-6-3-4-11-5-7-12/h9,11H,3-8H2,1-2H3. The number of hydrogen-bond acceptors (Lipinski definition) is 4. The number of nitrogens with one attached hydrogen (secondary N) is 1. The third-order valence-corrected chi connectivity index (χ3v) is 2.57. The van der Waals surface area contributed by atoms with Crippen molar-refractivity contribution in [3.05, 3.63) is 0 Å². The van der Waals surface area contributed by atoms with Gasteiger partial charge in [-0.15, -0.1) is 0 Å². The fraction of sp³-hybridized carbons (Fsp3) is 0.900. The van der Waals surface area contributed by atoms with Crippen LogP contribution in [0.4, 0.5) is 0 Å². The number of methoxy groups -OCH3 is 1. The molecule has 0 radical (unpaired) electrons. The van der Waals surface area contributed by atoms with Gasteiger partial charge in [0, 0.05) is 19.6 Å². The first-order chi connectivity index (χ1) is 6.74. The van der Waals surface area contributed by atoms with Gasteiger partial charge in [0.05, 0.1) is 13.0 Å². The minimum atomic E-state index is -0.109. The van der Waals surface area contributed by atoms with Gasteiger partial charge in [0.2, 0.25) is 0 Å². The summed E-state index contributed by atoms with van der Waals surface area (Å²) in [6.07, 6.45) is 1.16. The molecule has 0 saturated carbocycles. The maximum Gasteiger partial charge on any atom is 0.309 e. The zero-order valence-electron chi connectivity index (χ0n) is 9.08. The highest BCUT2D eigenvalue weighted by atomic mass is 16.5. The third kappa shape index (κ3) is 3.64. The summed E-state index contributed by atoms with van der Waals surface area (Å²) in [7, 11) is 1.45. The van der Waals surface area contributed by atoms with Gasteiger partial charge < -0.3 is 15.0 Å². The van der Waals surface area contributed by atoms with E-state index in [-0.39, 0.29) is 11.9 Å². The van der Waals surface area contributed by atoms with E-state index >= 15 is 0 Å². The summed E-state index contributed by atoms with van der Waals surface area (Å²) >= 11 is 0. The van der Waals surface area contributed by atoms with Gasteiger partial charge in [-0.2, -0.15) is 0 Å². The molecule has 0 aromatic heterocycles. The maximum atomic E-state index is 11.2. The fourth-order valence-corrected chi connectivity index (χ4v) is 1.75. The van der Waals surface area contributed by atoms with Crippen molar-refractivity contribution in [1.82, 2.24) is 10.2 Å². The lowest BCUT2D eigenvalue weighted by atomic mass is 10.1. The van der Waals surface area contributed by atoms with Crippen molar-refractivity contribution in [2.45, 2.75) is 13.3 Å². The van der Waals surface area contributed by atoms with Gasteiger partial charge in [0.1, 0.15) is 0 Å². The first kappa shape index (κ1) is 11.5. The van der Waals surface area contributed by atoms with E-state index in [1.54, 1.807) is 0 Å². The Hall–Kier alpha value is -0.610. The summed E-state index contributed by atoms with van der Waals surface area (Å²) < 4.78 is 4.70. The highest BCUT2D eigenvalue weighted by Crippen LogP contribution is 2.04. The molecule has 0 aliphatic carbocycles. The lowest BCUT2D eigenvalue weighted by Crippen LogP contribution is -2.34. The summed E-state index contributed by atoms with van der Waals surface area (Å²) in [6.45, 7) is 6.95. The monoisotopic (exact) mass is 200 g/mol. The molecule has 14 heavy (non-hydrogen) atoms. The predicted molar refractivity (Wildman–Crippen MR) is 55.1 cm³/mol. The van der Waals surface area contributed by atoms with Crippen LogP contribution in [0.5, 0.6) is 0 Å². The van der Waals surface area contributed by atoms with Crippen molar-refractivity contribution >= 4 is 5.97 Å². The lowest BCUT2D eigenvalue weighted by Gasteiger charge is -2.22. The summed E-state index contributed by atoms with van der Waals surface area (Å²) in [6, 6.07) is 0. The highest BCUT2D eigenvalue weighted by molar-refractivity contribution is 5.72. The van der Waals surface area contributed by atoms with E-state index in [1.165, 1.54) is 7.11 Å². The van der Waals surface area contributed by atoms with Crippen molar-refractivity contribution in [2.75, 3.05) is 39.8 Å². The number of hydrogen-bond donors (Lipinski definition) is 1. The maximum absolute atomic E-state index is 11.2. The molecule has 0 amide bonds. The molecule has 1 aliphatic heterocycles. The van der Waals surface area contributed by atoms with E-state index < -0.39 is 0 Å². The minimum absolute atomic E-state index is 0.0156. The van der Waals surface area contributed by atoms with Crippen LogP contribution in [0.15, 0.2) is 0 Å². The Labute approximate surface area is 85.6 Å². The van der Waals surface area contributed by atoms with Crippen LogP contribution in [-0.2, 0) is 9.53 Å². The molecule has 1 atom stereocenters. The van der Waals surface area contributed by atoms with Crippen LogP contribution >= 0.6 is 0 Å². The number of carbonyl (C=O) groups is 1. The topological polar surface area (TPSA) is 41.6 Å². The SMILES string of the molecule is COC(=O)C(C)CN1CCCNCC1. The van der Waals surface area contributed by atoms with Gasteiger partial charge in [-0.25, -0.2) is 0 Å². The summed E-state index contributed by atoms with van der Waals surface area (Å²) in [5, 5.41) is 3.34. The Morgan fingerprint density at radius 1 is 1.50 bits per heavy atom. The molecule has 0 spiro atoms. The molecule has 1 rings (SSSR count). The fourth-order valence-electron chi connectivity index (χ4n) is 1.75. The van der Waals surface area contributed by atoms with Crippen molar-refractivity contribution in [1.29, 1.82) is 0 Å². The molecule has 1 unspecified atom stereocenters. The molecule has 4 nitrogen and oxygen atoms in total. The van der Waals surface area contributed by atoms with Gasteiger partial charge in [-0.1, -0.05) is 6.92 Å². The van der Waals surface area contributed by atoms with Gasteiger partial charge in [-0.05, 0) is 19.5 Å². The molecule has 1 aliphatic rings. The second kappa shape index (κ2) is 5.98. The van der Waals surface area contributed by atoms with Crippen LogP contribution in [0.1, 0.15) is 13.3 Å². The number of nitrogens with zero attached hydrogens (tertiary/aromatic N) is 1. The lowest BCUT2D eigenvalue weighted by molar-refractivity contribution is -0.145. The van der Waals surface area contributed by atoms with E-state index in [0.717, 1.165) is 39.1 Å². The first-order valence-corrected chi connectivity index (χ1v) is 5.25. The van der Waals surface area contributed by atoms with Crippen LogP contribution in [0, 0.1) is 5.92 Å². The van der Waals surface area contributed by atoms with E-state index in [9.17, 15) is 4.79 Å². The van der Waals surface area contributed by atoms with Crippen LogP contribution in [0.3, 0.4) is 0 Å². The Balaban J connectivity index is 2.30. The molecule has 0 aromatic carbocycles. The van der Waals surface area contributed by atoms with Crippen LogP contribution < -0.4 is 5.32 Å². The van der Waals surface area contributed by atoms with E-state index in [0.29, 0.717) is 0 Å². The summed E-state index contributed by atoms with van der Waals surface area (Å²) in [4.78, 5) is 13.5. The molecule has 1 saturated heterocycles. The Morgan fingerprint density at radius 2 is 2.29 bits per heavy atom. The number of rotatable bonds is 3. The smallest absolute Gasteiger partial charge is 0.309 e. The van der Waals surface area contributed by atoms with Crippen LogP contribution in [-0.4, -0.2) is 50.7 Å². The van der Waals surface area contributed by atoms with Gasteiger partial charge in [-0.3, -0.25) is 4.79 Å². The molecule has 1 heterocycles. The molecule has 0 bridgehead atoms.